The molecule has 1 heterocycles. The van der Waals surface area contributed by atoms with Crippen molar-refractivity contribution in [2.75, 3.05) is 11.9 Å². The molecule has 2 nitrogen and oxygen atoms in total. The standard InChI is InChI=1S/C19H28N2/c1-18(2)15-7-9-19(18,3)16(11-15)21-12-14-6-4-5-13-8-10-20-17(13)14/h4-6,15-16,20-21H,7-12H2,1-3H3. The van der Waals surface area contributed by atoms with E-state index in [0.29, 0.717) is 16.9 Å². The van der Waals surface area contributed by atoms with E-state index in [1.54, 1.807) is 0 Å². The first-order valence-electron chi connectivity index (χ1n) is 8.60. The molecule has 3 aliphatic rings. The Morgan fingerprint density at radius 3 is 2.86 bits per heavy atom. The maximum atomic E-state index is 3.92. The largest absolute Gasteiger partial charge is 0.384 e. The molecule has 114 valence electrons. The van der Waals surface area contributed by atoms with Gasteiger partial charge >= 0.3 is 0 Å². The third-order valence-corrected chi connectivity index (χ3v) is 7.27. The Balaban J connectivity index is 1.51. The Bertz CT molecular complexity index is 563. The summed E-state index contributed by atoms with van der Waals surface area (Å²) in [7, 11) is 0. The Morgan fingerprint density at radius 2 is 2.14 bits per heavy atom. The fourth-order valence-electron chi connectivity index (χ4n) is 5.30. The van der Waals surface area contributed by atoms with E-state index in [4.69, 9.17) is 0 Å². The van der Waals surface area contributed by atoms with Gasteiger partial charge in [-0.3, -0.25) is 0 Å². The summed E-state index contributed by atoms with van der Waals surface area (Å²) >= 11 is 0. The van der Waals surface area contributed by atoms with Gasteiger partial charge in [0.25, 0.3) is 0 Å². The Hall–Kier alpha value is -1.02. The second-order valence-electron chi connectivity index (χ2n) is 8.17. The number of fused-ring (bicyclic) bond motifs is 3. The highest BCUT2D eigenvalue weighted by Gasteiger charge is 2.60. The molecule has 0 amide bonds. The molecule has 21 heavy (non-hydrogen) atoms. The van der Waals surface area contributed by atoms with Gasteiger partial charge in [0.2, 0.25) is 0 Å². The zero-order valence-electron chi connectivity index (χ0n) is 13.6. The van der Waals surface area contributed by atoms with Crippen molar-refractivity contribution in [3.63, 3.8) is 0 Å². The van der Waals surface area contributed by atoms with Gasteiger partial charge in [-0.2, -0.15) is 0 Å². The van der Waals surface area contributed by atoms with E-state index >= 15 is 0 Å². The maximum absolute atomic E-state index is 3.92. The van der Waals surface area contributed by atoms with Gasteiger partial charge in [-0.25, -0.2) is 0 Å². The van der Waals surface area contributed by atoms with Gasteiger partial charge in [-0.05, 0) is 53.6 Å². The smallest absolute Gasteiger partial charge is 0.0419 e. The molecule has 2 bridgehead atoms. The molecule has 2 saturated carbocycles. The number of rotatable bonds is 3. The average molecular weight is 284 g/mol. The molecule has 2 N–H and O–H groups in total. The number of hydrogen-bond acceptors (Lipinski definition) is 2. The zero-order chi connectivity index (χ0) is 14.7. The first kappa shape index (κ1) is 13.6. The van der Waals surface area contributed by atoms with Crippen molar-refractivity contribution in [1.29, 1.82) is 0 Å². The highest BCUT2D eigenvalue weighted by Crippen LogP contribution is 2.65. The minimum Gasteiger partial charge on any atom is -0.384 e. The van der Waals surface area contributed by atoms with Gasteiger partial charge in [-0.1, -0.05) is 39.0 Å². The third kappa shape index (κ3) is 1.81. The molecule has 0 saturated heterocycles. The molecule has 2 heteroatoms. The van der Waals surface area contributed by atoms with Crippen LogP contribution in [0, 0.1) is 16.7 Å². The lowest BCUT2D eigenvalue weighted by atomic mass is 9.69. The molecule has 3 unspecified atom stereocenters. The second kappa shape index (κ2) is 4.49. The number of hydrogen-bond donors (Lipinski definition) is 2. The molecule has 0 spiro atoms. The predicted octanol–water partition coefficient (Wildman–Crippen LogP) is 3.96. The Kier molecular flexibility index (Phi) is 2.91. The topological polar surface area (TPSA) is 24.1 Å². The van der Waals surface area contributed by atoms with Crippen LogP contribution in [0.2, 0.25) is 0 Å². The van der Waals surface area contributed by atoms with Gasteiger partial charge in [0, 0.05) is 24.8 Å². The molecule has 2 fully saturated rings. The minimum atomic E-state index is 0.475. The van der Waals surface area contributed by atoms with E-state index in [2.05, 4.69) is 49.6 Å². The first-order valence-corrected chi connectivity index (χ1v) is 8.60. The van der Waals surface area contributed by atoms with E-state index in [-0.39, 0.29) is 0 Å². The van der Waals surface area contributed by atoms with Gasteiger partial charge in [-0.15, -0.1) is 0 Å². The molecule has 4 rings (SSSR count). The number of nitrogens with one attached hydrogen (secondary N) is 2. The lowest BCUT2D eigenvalue weighted by molar-refractivity contribution is 0.120. The fraction of sp³-hybridized carbons (Fsp3) is 0.684. The average Bonchev–Trinajstić information content (AvgIpc) is 3.07. The highest BCUT2D eigenvalue weighted by molar-refractivity contribution is 5.61. The minimum absolute atomic E-state index is 0.475. The van der Waals surface area contributed by atoms with E-state index < -0.39 is 0 Å². The molecule has 2 aliphatic carbocycles. The molecule has 1 aromatic rings. The summed E-state index contributed by atoms with van der Waals surface area (Å²) in [6.45, 7) is 9.62. The molecule has 0 radical (unpaired) electrons. The summed E-state index contributed by atoms with van der Waals surface area (Å²) in [6.07, 6.45) is 5.38. The third-order valence-electron chi connectivity index (χ3n) is 7.27. The van der Waals surface area contributed by atoms with E-state index in [0.717, 1.165) is 19.0 Å². The Labute approximate surface area is 128 Å². The van der Waals surface area contributed by atoms with Crippen LogP contribution in [0.3, 0.4) is 0 Å². The molecular weight excluding hydrogens is 256 g/mol. The molecular formula is C19H28N2. The molecule has 0 aromatic heterocycles. The number of anilines is 1. The van der Waals surface area contributed by atoms with Crippen molar-refractivity contribution in [2.45, 2.75) is 59.0 Å². The van der Waals surface area contributed by atoms with Crippen molar-refractivity contribution in [1.82, 2.24) is 5.32 Å². The van der Waals surface area contributed by atoms with Crippen LogP contribution in [-0.2, 0) is 13.0 Å². The molecule has 3 atom stereocenters. The quantitative estimate of drug-likeness (QED) is 0.878. The summed E-state index contributed by atoms with van der Waals surface area (Å²) < 4.78 is 0. The van der Waals surface area contributed by atoms with Crippen LogP contribution in [-0.4, -0.2) is 12.6 Å². The molecule has 1 aromatic carbocycles. The van der Waals surface area contributed by atoms with Crippen molar-refractivity contribution < 1.29 is 0 Å². The Morgan fingerprint density at radius 1 is 1.29 bits per heavy atom. The first-order chi connectivity index (χ1) is 10.0. The number of benzene rings is 1. The number of para-hydroxylation sites is 1. The van der Waals surface area contributed by atoms with Gasteiger partial charge in [0.05, 0.1) is 0 Å². The van der Waals surface area contributed by atoms with Crippen molar-refractivity contribution in [3.05, 3.63) is 29.3 Å². The zero-order valence-corrected chi connectivity index (χ0v) is 13.6. The summed E-state index contributed by atoms with van der Waals surface area (Å²) in [5.41, 5.74) is 5.32. The van der Waals surface area contributed by atoms with Gasteiger partial charge in [0.1, 0.15) is 0 Å². The normalized spacial score (nSPS) is 35.8. The van der Waals surface area contributed by atoms with E-state index in [9.17, 15) is 0 Å². The van der Waals surface area contributed by atoms with E-state index in [1.165, 1.54) is 42.5 Å². The predicted molar refractivity (Wildman–Crippen MR) is 88.5 cm³/mol. The van der Waals surface area contributed by atoms with Gasteiger partial charge in [0.15, 0.2) is 0 Å². The summed E-state index contributed by atoms with van der Waals surface area (Å²) in [6, 6.07) is 7.45. The summed E-state index contributed by atoms with van der Waals surface area (Å²) in [4.78, 5) is 0. The van der Waals surface area contributed by atoms with Crippen LogP contribution < -0.4 is 10.6 Å². The monoisotopic (exact) mass is 284 g/mol. The van der Waals surface area contributed by atoms with Crippen LogP contribution >= 0.6 is 0 Å². The van der Waals surface area contributed by atoms with Crippen LogP contribution in [0.5, 0.6) is 0 Å². The summed E-state index contributed by atoms with van der Waals surface area (Å²) in [5, 5.41) is 7.48. The van der Waals surface area contributed by atoms with E-state index in [1.807, 2.05) is 0 Å². The lowest BCUT2D eigenvalue weighted by Crippen LogP contribution is -2.44. The lowest BCUT2D eigenvalue weighted by Gasteiger charge is -2.39. The van der Waals surface area contributed by atoms with Crippen LogP contribution in [0.15, 0.2) is 18.2 Å². The SMILES string of the molecule is CC1(C)C2CCC1(C)C(NCc1cccc3c1NCC3)C2. The van der Waals surface area contributed by atoms with Crippen molar-refractivity contribution in [3.8, 4) is 0 Å². The van der Waals surface area contributed by atoms with Crippen LogP contribution in [0.25, 0.3) is 0 Å². The van der Waals surface area contributed by atoms with Crippen molar-refractivity contribution in [2.24, 2.45) is 16.7 Å². The van der Waals surface area contributed by atoms with Crippen LogP contribution in [0.4, 0.5) is 5.69 Å². The molecule has 1 aliphatic heterocycles. The van der Waals surface area contributed by atoms with Crippen LogP contribution in [0.1, 0.15) is 51.2 Å². The summed E-state index contributed by atoms with van der Waals surface area (Å²) in [5.74, 6) is 0.916. The highest BCUT2D eigenvalue weighted by atomic mass is 15.0. The fourth-order valence-corrected chi connectivity index (χ4v) is 5.30. The maximum Gasteiger partial charge on any atom is 0.0419 e. The van der Waals surface area contributed by atoms with Gasteiger partial charge < -0.3 is 10.6 Å². The van der Waals surface area contributed by atoms with Crippen molar-refractivity contribution >= 4 is 5.69 Å². The second-order valence-corrected chi connectivity index (χ2v) is 8.17.